The van der Waals surface area contributed by atoms with Crippen LogP contribution in [0.5, 0.6) is 11.5 Å². The number of hydrogen-bond donors (Lipinski definition) is 1. The van der Waals surface area contributed by atoms with E-state index in [4.69, 9.17) is 19.6 Å². The molecule has 0 amide bonds. The van der Waals surface area contributed by atoms with Crippen LogP contribution in [0.1, 0.15) is 24.9 Å². The standard InChI is InChI=1S/C15H19NO3/c1-2-9-17-12-3-5-13(6-4-12)18-11-15-8-7-14(10-16)19-15/h3-8H,2,9-11,16H2,1H3. The molecule has 0 aliphatic heterocycles. The van der Waals surface area contributed by atoms with Gasteiger partial charge < -0.3 is 19.6 Å². The highest BCUT2D eigenvalue weighted by molar-refractivity contribution is 5.31. The number of furan rings is 1. The van der Waals surface area contributed by atoms with E-state index in [-0.39, 0.29) is 0 Å². The molecule has 1 heterocycles. The second kappa shape index (κ2) is 6.85. The van der Waals surface area contributed by atoms with Crippen LogP contribution in [0.3, 0.4) is 0 Å². The lowest BCUT2D eigenvalue weighted by atomic mass is 10.3. The first kappa shape index (κ1) is 13.5. The van der Waals surface area contributed by atoms with Crippen molar-refractivity contribution >= 4 is 0 Å². The van der Waals surface area contributed by atoms with Crippen LogP contribution in [-0.4, -0.2) is 6.61 Å². The molecule has 1 aromatic heterocycles. The summed E-state index contributed by atoms with van der Waals surface area (Å²) in [6.07, 6.45) is 1.00. The highest BCUT2D eigenvalue weighted by atomic mass is 16.5. The smallest absolute Gasteiger partial charge is 0.146 e. The van der Waals surface area contributed by atoms with E-state index in [1.54, 1.807) is 0 Å². The number of nitrogens with two attached hydrogens (primary N) is 1. The molecule has 0 radical (unpaired) electrons. The van der Waals surface area contributed by atoms with Gasteiger partial charge >= 0.3 is 0 Å². The molecule has 0 saturated carbocycles. The van der Waals surface area contributed by atoms with Gasteiger partial charge in [0.15, 0.2) is 0 Å². The topological polar surface area (TPSA) is 57.6 Å². The Labute approximate surface area is 113 Å². The molecule has 0 bridgehead atoms. The minimum atomic E-state index is 0.398. The maximum absolute atomic E-state index is 5.62. The van der Waals surface area contributed by atoms with Gasteiger partial charge in [0.05, 0.1) is 13.2 Å². The minimum Gasteiger partial charge on any atom is -0.494 e. The predicted molar refractivity (Wildman–Crippen MR) is 73.2 cm³/mol. The molecule has 19 heavy (non-hydrogen) atoms. The van der Waals surface area contributed by atoms with E-state index in [9.17, 15) is 0 Å². The fourth-order valence-corrected chi connectivity index (χ4v) is 1.62. The largest absolute Gasteiger partial charge is 0.494 e. The van der Waals surface area contributed by atoms with Crippen LogP contribution in [0, 0.1) is 0 Å². The van der Waals surface area contributed by atoms with Gasteiger partial charge in [-0.25, -0.2) is 0 Å². The molecule has 0 saturated heterocycles. The Balaban J connectivity index is 1.85. The van der Waals surface area contributed by atoms with Crippen molar-refractivity contribution in [2.24, 2.45) is 5.73 Å². The van der Waals surface area contributed by atoms with Crippen molar-refractivity contribution < 1.29 is 13.9 Å². The minimum absolute atomic E-state index is 0.398. The maximum atomic E-state index is 5.62. The number of hydrogen-bond acceptors (Lipinski definition) is 4. The monoisotopic (exact) mass is 261 g/mol. The highest BCUT2D eigenvalue weighted by Gasteiger charge is 2.02. The van der Waals surface area contributed by atoms with Crippen molar-refractivity contribution in [3.05, 3.63) is 47.9 Å². The SMILES string of the molecule is CCCOc1ccc(OCc2ccc(CN)o2)cc1. The van der Waals surface area contributed by atoms with Gasteiger partial charge in [-0.05, 0) is 42.8 Å². The van der Waals surface area contributed by atoms with Crippen molar-refractivity contribution in [2.45, 2.75) is 26.5 Å². The molecule has 0 atom stereocenters. The molecule has 0 aliphatic rings. The summed E-state index contributed by atoms with van der Waals surface area (Å²) in [7, 11) is 0. The number of benzene rings is 1. The zero-order chi connectivity index (χ0) is 13.5. The molecule has 102 valence electrons. The second-order valence-electron chi connectivity index (χ2n) is 4.18. The average molecular weight is 261 g/mol. The first-order valence-corrected chi connectivity index (χ1v) is 6.45. The van der Waals surface area contributed by atoms with Crippen molar-refractivity contribution in [1.29, 1.82) is 0 Å². The fourth-order valence-electron chi connectivity index (χ4n) is 1.62. The second-order valence-corrected chi connectivity index (χ2v) is 4.18. The van der Waals surface area contributed by atoms with Gasteiger partial charge in [0.2, 0.25) is 0 Å². The third-order valence-corrected chi connectivity index (χ3v) is 2.60. The lowest BCUT2D eigenvalue weighted by Crippen LogP contribution is -1.96. The Hall–Kier alpha value is -1.94. The van der Waals surface area contributed by atoms with Crippen LogP contribution in [-0.2, 0) is 13.2 Å². The first-order valence-electron chi connectivity index (χ1n) is 6.45. The van der Waals surface area contributed by atoms with Crippen molar-refractivity contribution in [3.63, 3.8) is 0 Å². The van der Waals surface area contributed by atoms with Gasteiger partial charge in [0, 0.05) is 0 Å². The lowest BCUT2D eigenvalue weighted by molar-refractivity contribution is 0.265. The van der Waals surface area contributed by atoms with E-state index in [2.05, 4.69) is 6.92 Å². The van der Waals surface area contributed by atoms with Gasteiger partial charge in [-0.3, -0.25) is 0 Å². The summed E-state index contributed by atoms with van der Waals surface area (Å²) < 4.78 is 16.6. The maximum Gasteiger partial charge on any atom is 0.146 e. The third kappa shape index (κ3) is 4.03. The predicted octanol–water partition coefficient (Wildman–Crippen LogP) is 3.11. The Bertz CT molecular complexity index is 490. The zero-order valence-electron chi connectivity index (χ0n) is 11.1. The summed E-state index contributed by atoms with van der Waals surface area (Å²) in [4.78, 5) is 0. The molecule has 0 aliphatic carbocycles. The van der Waals surface area contributed by atoms with Crippen LogP contribution >= 0.6 is 0 Å². The molecule has 0 spiro atoms. The molecule has 1 aromatic carbocycles. The van der Waals surface area contributed by atoms with E-state index in [0.29, 0.717) is 13.2 Å². The molecule has 4 nitrogen and oxygen atoms in total. The summed E-state index contributed by atoms with van der Waals surface area (Å²) >= 11 is 0. The first-order chi connectivity index (χ1) is 9.31. The summed E-state index contributed by atoms with van der Waals surface area (Å²) in [6, 6.07) is 11.3. The van der Waals surface area contributed by atoms with Gasteiger partial charge in [0.1, 0.15) is 29.6 Å². The van der Waals surface area contributed by atoms with Gasteiger partial charge in [-0.15, -0.1) is 0 Å². The number of ether oxygens (including phenoxy) is 2. The van der Waals surface area contributed by atoms with E-state index in [1.807, 2.05) is 36.4 Å². The number of rotatable bonds is 7. The Morgan fingerprint density at radius 2 is 1.58 bits per heavy atom. The summed E-state index contributed by atoms with van der Waals surface area (Å²) in [5.41, 5.74) is 5.48. The Morgan fingerprint density at radius 1 is 0.947 bits per heavy atom. The molecule has 2 N–H and O–H groups in total. The van der Waals surface area contributed by atoms with Crippen molar-refractivity contribution in [3.8, 4) is 11.5 Å². The summed E-state index contributed by atoms with van der Waals surface area (Å²) in [5, 5.41) is 0. The van der Waals surface area contributed by atoms with E-state index in [0.717, 1.165) is 36.0 Å². The molecule has 2 aromatic rings. The van der Waals surface area contributed by atoms with Crippen molar-refractivity contribution in [1.82, 2.24) is 0 Å². The van der Waals surface area contributed by atoms with E-state index in [1.165, 1.54) is 0 Å². The Kier molecular flexibility index (Phi) is 4.86. The van der Waals surface area contributed by atoms with Crippen LogP contribution in [0.2, 0.25) is 0 Å². The molecular weight excluding hydrogens is 242 g/mol. The fraction of sp³-hybridized carbons (Fsp3) is 0.333. The highest BCUT2D eigenvalue weighted by Crippen LogP contribution is 2.19. The zero-order valence-corrected chi connectivity index (χ0v) is 11.1. The summed E-state index contributed by atoms with van der Waals surface area (Å²) in [6.45, 7) is 3.61. The normalized spacial score (nSPS) is 10.4. The van der Waals surface area contributed by atoms with Gasteiger partial charge in [-0.1, -0.05) is 6.92 Å². The van der Waals surface area contributed by atoms with Crippen LogP contribution in [0.15, 0.2) is 40.8 Å². The van der Waals surface area contributed by atoms with Crippen LogP contribution in [0.25, 0.3) is 0 Å². The average Bonchev–Trinajstić information content (AvgIpc) is 2.92. The molecule has 0 fully saturated rings. The third-order valence-electron chi connectivity index (χ3n) is 2.60. The summed E-state index contributed by atoms with van der Waals surface area (Å²) in [5.74, 6) is 3.18. The van der Waals surface area contributed by atoms with E-state index >= 15 is 0 Å². The lowest BCUT2D eigenvalue weighted by Gasteiger charge is -2.07. The molecule has 0 unspecified atom stereocenters. The van der Waals surface area contributed by atoms with Gasteiger partial charge in [0.25, 0.3) is 0 Å². The molecule has 2 rings (SSSR count). The van der Waals surface area contributed by atoms with Crippen molar-refractivity contribution in [2.75, 3.05) is 6.61 Å². The quantitative estimate of drug-likeness (QED) is 0.832. The van der Waals surface area contributed by atoms with E-state index < -0.39 is 0 Å². The molecular formula is C15H19NO3. The van der Waals surface area contributed by atoms with Crippen LogP contribution in [0.4, 0.5) is 0 Å². The molecule has 4 heteroatoms. The van der Waals surface area contributed by atoms with Crippen LogP contribution < -0.4 is 15.2 Å². The van der Waals surface area contributed by atoms with Gasteiger partial charge in [-0.2, -0.15) is 0 Å². The Morgan fingerprint density at radius 3 is 2.16 bits per heavy atom.